The van der Waals surface area contributed by atoms with E-state index in [-0.39, 0.29) is 0 Å². The lowest BCUT2D eigenvalue weighted by atomic mass is 9.96. The van der Waals surface area contributed by atoms with Gasteiger partial charge in [0, 0.05) is 17.1 Å². The van der Waals surface area contributed by atoms with Crippen LogP contribution in [-0.4, -0.2) is 13.6 Å². The van der Waals surface area contributed by atoms with E-state index in [1.54, 1.807) is 0 Å². The Bertz CT molecular complexity index is 359. The second-order valence-corrected chi connectivity index (χ2v) is 5.08. The van der Waals surface area contributed by atoms with E-state index in [1.165, 1.54) is 18.4 Å². The Morgan fingerprint density at radius 2 is 2.20 bits per heavy atom. The molecule has 1 aromatic carbocycles. The summed E-state index contributed by atoms with van der Waals surface area (Å²) in [6.45, 7) is 1.11. The Hall–Kier alpha value is -0.670. The zero-order valence-corrected chi connectivity index (χ0v) is 9.98. The van der Waals surface area contributed by atoms with Crippen LogP contribution < -0.4 is 11.1 Å². The van der Waals surface area contributed by atoms with Crippen LogP contribution in [0.15, 0.2) is 23.1 Å². The van der Waals surface area contributed by atoms with Gasteiger partial charge >= 0.3 is 0 Å². The van der Waals surface area contributed by atoms with Crippen molar-refractivity contribution in [2.75, 3.05) is 19.3 Å². The standard InChI is InChI=1S/C12H18N2S/c1-14-8-12(4-5-12)7-9-2-3-10(13)11(15)6-9/h2-3,6,14-15H,4-5,7-8,13H2,1H3. The van der Waals surface area contributed by atoms with Gasteiger partial charge in [-0.2, -0.15) is 0 Å². The van der Waals surface area contributed by atoms with Crippen LogP contribution in [0.3, 0.4) is 0 Å². The van der Waals surface area contributed by atoms with Gasteiger partial charge in [0.25, 0.3) is 0 Å². The molecule has 0 aliphatic heterocycles. The topological polar surface area (TPSA) is 38.0 Å². The monoisotopic (exact) mass is 222 g/mol. The minimum atomic E-state index is 0.505. The summed E-state index contributed by atoms with van der Waals surface area (Å²) in [5.41, 5.74) is 8.36. The van der Waals surface area contributed by atoms with Gasteiger partial charge in [0.2, 0.25) is 0 Å². The van der Waals surface area contributed by atoms with Crippen LogP contribution in [0.25, 0.3) is 0 Å². The molecule has 1 saturated carbocycles. The fourth-order valence-corrected chi connectivity index (χ4v) is 2.34. The van der Waals surface area contributed by atoms with Crippen molar-refractivity contribution >= 4 is 18.3 Å². The summed E-state index contributed by atoms with van der Waals surface area (Å²) in [4.78, 5) is 0.896. The Labute approximate surface area is 96.7 Å². The predicted molar refractivity (Wildman–Crippen MR) is 67.4 cm³/mol. The van der Waals surface area contributed by atoms with Gasteiger partial charge in [-0.25, -0.2) is 0 Å². The lowest BCUT2D eigenvalue weighted by Crippen LogP contribution is -2.21. The summed E-state index contributed by atoms with van der Waals surface area (Å²) in [7, 11) is 2.02. The summed E-state index contributed by atoms with van der Waals surface area (Å²) in [6.07, 6.45) is 3.81. The molecule has 3 N–H and O–H groups in total. The molecule has 1 aromatic rings. The number of benzene rings is 1. The van der Waals surface area contributed by atoms with Gasteiger partial charge in [0.15, 0.2) is 0 Å². The minimum absolute atomic E-state index is 0.505. The van der Waals surface area contributed by atoms with E-state index in [0.717, 1.165) is 23.5 Å². The molecule has 2 rings (SSSR count). The molecule has 0 spiro atoms. The maximum Gasteiger partial charge on any atom is 0.0449 e. The van der Waals surface area contributed by atoms with E-state index in [1.807, 2.05) is 13.1 Å². The van der Waals surface area contributed by atoms with Crippen molar-refractivity contribution < 1.29 is 0 Å². The van der Waals surface area contributed by atoms with Crippen molar-refractivity contribution in [3.05, 3.63) is 23.8 Å². The fraction of sp³-hybridized carbons (Fsp3) is 0.500. The molecule has 0 bridgehead atoms. The third-order valence-corrected chi connectivity index (χ3v) is 3.57. The Kier molecular flexibility index (Phi) is 2.94. The summed E-state index contributed by atoms with van der Waals surface area (Å²) in [5.74, 6) is 0. The lowest BCUT2D eigenvalue weighted by molar-refractivity contribution is 0.478. The second kappa shape index (κ2) is 4.06. The van der Waals surface area contributed by atoms with Gasteiger partial charge in [-0.05, 0) is 49.4 Å². The molecule has 1 fully saturated rings. The van der Waals surface area contributed by atoms with Crippen molar-refractivity contribution in [2.24, 2.45) is 5.41 Å². The molecule has 0 heterocycles. The first-order valence-electron chi connectivity index (χ1n) is 5.37. The fourth-order valence-electron chi connectivity index (χ4n) is 2.10. The summed E-state index contributed by atoms with van der Waals surface area (Å²) < 4.78 is 0. The molecule has 2 nitrogen and oxygen atoms in total. The highest BCUT2D eigenvalue weighted by atomic mass is 32.1. The summed E-state index contributed by atoms with van der Waals surface area (Å²) >= 11 is 4.35. The van der Waals surface area contributed by atoms with Crippen molar-refractivity contribution in [3.63, 3.8) is 0 Å². The zero-order valence-electron chi connectivity index (χ0n) is 9.09. The number of anilines is 1. The smallest absolute Gasteiger partial charge is 0.0449 e. The highest BCUT2D eigenvalue weighted by molar-refractivity contribution is 7.80. The Morgan fingerprint density at radius 3 is 2.73 bits per heavy atom. The average Bonchev–Trinajstić information content (AvgIpc) is 2.92. The first-order chi connectivity index (χ1) is 7.15. The number of rotatable bonds is 4. The molecule has 15 heavy (non-hydrogen) atoms. The zero-order chi connectivity index (χ0) is 10.9. The maximum absolute atomic E-state index is 5.74. The normalized spacial score (nSPS) is 17.7. The highest BCUT2D eigenvalue weighted by Crippen LogP contribution is 2.47. The van der Waals surface area contributed by atoms with E-state index in [9.17, 15) is 0 Å². The molecular formula is C12H18N2S. The average molecular weight is 222 g/mol. The number of thiol groups is 1. The molecule has 1 aliphatic rings. The second-order valence-electron chi connectivity index (χ2n) is 4.60. The van der Waals surface area contributed by atoms with E-state index >= 15 is 0 Å². The van der Waals surface area contributed by atoms with Crippen LogP contribution in [0.4, 0.5) is 5.69 Å². The molecule has 82 valence electrons. The molecule has 3 heteroatoms. The van der Waals surface area contributed by atoms with Gasteiger partial charge < -0.3 is 11.1 Å². The van der Waals surface area contributed by atoms with Crippen molar-refractivity contribution in [2.45, 2.75) is 24.2 Å². The van der Waals surface area contributed by atoms with Crippen LogP contribution in [0.2, 0.25) is 0 Å². The SMILES string of the molecule is CNCC1(Cc2ccc(N)c(S)c2)CC1. The van der Waals surface area contributed by atoms with E-state index < -0.39 is 0 Å². The Morgan fingerprint density at radius 1 is 1.47 bits per heavy atom. The first kappa shape index (κ1) is 10.8. The summed E-state index contributed by atoms with van der Waals surface area (Å²) in [5, 5.41) is 3.27. The maximum atomic E-state index is 5.74. The van der Waals surface area contributed by atoms with Gasteiger partial charge in [0.05, 0.1) is 0 Å². The molecular weight excluding hydrogens is 204 g/mol. The number of nitrogens with two attached hydrogens (primary N) is 1. The van der Waals surface area contributed by atoms with Crippen LogP contribution >= 0.6 is 12.6 Å². The van der Waals surface area contributed by atoms with E-state index in [2.05, 4.69) is 30.1 Å². The van der Waals surface area contributed by atoms with Gasteiger partial charge in [-0.1, -0.05) is 6.07 Å². The van der Waals surface area contributed by atoms with Gasteiger partial charge in [-0.3, -0.25) is 0 Å². The third kappa shape index (κ3) is 2.47. The molecule has 0 atom stereocenters. The van der Waals surface area contributed by atoms with Crippen molar-refractivity contribution in [3.8, 4) is 0 Å². The van der Waals surface area contributed by atoms with Gasteiger partial charge in [-0.15, -0.1) is 12.6 Å². The molecule has 0 amide bonds. The number of nitrogen functional groups attached to an aromatic ring is 1. The first-order valence-corrected chi connectivity index (χ1v) is 5.82. The number of hydrogen-bond acceptors (Lipinski definition) is 3. The van der Waals surface area contributed by atoms with Crippen LogP contribution in [0.1, 0.15) is 18.4 Å². The minimum Gasteiger partial charge on any atom is -0.398 e. The molecule has 0 radical (unpaired) electrons. The van der Waals surface area contributed by atoms with Crippen LogP contribution in [0.5, 0.6) is 0 Å². The predicted octanol–water partition coefficient (Wildman–Crippen LogP) is 2.10. The van der Waals surface area contributed by atoms with Gasteiger partial charge in [0.1, 0.15) is 0 Å². The molecule has 0 unspecified atom stereocenters. The van der Waals surface area contributed by atoms with E-state index in [4.69, 9.17) is 5.73 Å². The number of nitrogens with one attached hydrogen (secondary N) is 1. The quantitative estimate of drug-likeness (QED) is 0.539. The highest BCUT2D eigenvalue weighted by Gasteiger charge is 2.41. The van der Waals surface area contributed by atoms with Crippen LogP contribution in [0, 0.1) is 5.41 Å². The Balaban J connectivity index is 2.08. The lowest BCUT2D eigenvalue weighted by Gasteiger charge is -2.15. The van der Waals surface area contributed by atoms with Crippen LogP contribution in [-0.2, 0) is 6.42 Å². The number of hydrogen-bond donors (Lipinski definition) is 3. The molecule has 1 aliphatic carbocycles. The van der Waals surface area contributed by atoms with Crippen molar-refractivity contribution in [1.29, 1.82) is 0 Å². The molecule has 0 saturated heterocycles. The van der Waals surface area contributed by atoms with E-state index in [0.29, 0.717) is 5.41 Å². The summed E-state index contributed by atoms with van der Waals surface area (Å²) in [6, 6.07) is 6.16. The molecule has 0 aromatic heterocycles. The van der Waals surface area contributed by atoms with Crippen molar-refractivity contribution in [1.82, 2.24) is 5.32 Å². The largest absolute Gasteiger partial charge is 0.398 e. The third-order valence-electron chi connectivity index (χ3n) is 3.18.